The summed E-state index contributed by atoms with van der Waals surface area (Å²) in [6, 6.07) is 1.96. The van der Waals surface area contributed by atoms with E-state index in [9.17, 15) is 0 Å². The van der Waals surface area contributed by atoms with Crippen molar-refractivity contribution in [2.75, 3.05) is 11.9 Å². The molecule has 0 aliphatic rings. The van der Waals surface area contributed by atoms with Crippen LogP contribution < -0.4 is 5.32 Å². The molecular weight excluding hydrogens is 150 g/mol. The molecule has 0 saturated heterocycles. The molecule has 0 aliphatic heterocycles. The minimum atomic E-state index is 0.827. The van der Waals surface area contributed by atoms with Crippen LogP contribution in [0.4, 0.5) is 5.82 Å². The predicted molar refractivity (Wildman–Crippen MR) is 50.3 cm³/mol. The maximum atomic E-state index is 4.25. The van der Waals surface area contributed by atoms with Crippen LogP contribution in [-0.2, 0) is 0 Å². The van der Waals surface area contributed by atoms with E-state index >= 15 is 0 Å². The molecule has 0 spiro atoms. The van der Waals surface area contributed by atoms with Gasteiger partial charge in [0.1, 0.15) is 11.6 Å². The highest BCUT2D eigenvalue weighted by Gasteiger charge is 1.95. The number of hydrogen-bond acceptors (Lipinski definition) is 3. The summed E-state index contributed by atoms with van der Waals surface area (Å²) in [6.45, 7) is 6.99. The van der Waals surface area contributed by atoms with E-state index < -0.39 is 0 Å². The summed E-state index contributed by atoms with van der Waals surface area (Å²) in [5.41, 5.74) is 1.01. The van der Waals surface area contributed by atoms with Gasteiger partial charge in [-0.15, -0.1) is 0 Å². The first-order valence-electron chi connectivity index (χ1n) is 4.28. The van der Waals surface area contributed by atoms with Crippen LogP contribution in [0.2, 0.25) is 0 Å². The fraction of sp³-hybridized carbons (Fsp3) is 0.556. The summed E-state index contributed by atoms with van der Waals surface area (Å²) in [5.74, 6) is 1.76. The minimum Gasteiger partial charge on any atom is -0.370 e. The van der Waals surface area contributed by atoms with Crippen molar-refractivity contribution in [3.8, 4) is 0 Å². The Morgan fingerprint density at radius 3 is 2.67 bits per heavy atom. The van der Waals surface area contributed by atoms with Gasteiger partial charge < -0.3 is 5.32 Å². The normalized spacial score (nSPS) is 9.92. The fourth-order valence-electron chi connectivity index (χ4n) is 1.06. The predicted octanol–water partition coefficient (Wildman–Crippen LogP) is 1.92. The van der Waals surface area contributed by atoms with Gasteiger partial charge in [-0.2, -0.15) is 0 Å². The number of anilines is 1. The van der Waals surface area contributed by atoms with Crippen LogP contribution in [0.5, 0.6) is 0 Å². The van der Waals surface area contributed by atoms with Gasteiger partial charge >= 0.3 is 0 Å². The molecule has 0 atom stereocenters. The van der Waals surface area contributed by atoms with Gasteiger partial charge in [-0.1, -0.05) is 6.92 Å². The topological polar surface area (TPSA) is 37.8 Å². The second-order valence-electron chi connectivity index (χ2n) is 2.87. The average Bonchev–Trinajstić information content (AvgIpc) is 1.99. The van der Waals surface area contributed by atoms with E-state index in [1.165, 1.54) is 0 Å². The Balaban J connectivity index is 2.72. The highest BCUT2D eigenvalue weighted by atomic mass is 15.0. The molecular formula is C9H15N3. The summed E-state index contributed by atoms with van der Waals surface area (Å²) in [5, 5.41) is 3.22. The lowest BCUT2D eigenvalue weighted by atomic mass is 10.4. The van der Waals surface area contributed by atoms with Crippen LogP contribution in [-0.4, -0.2) is 16.5 Å². The van der Waals surface area contributed by atoms with Gasteiger partial charge in [-0.25, -0.2) is 9.97 Å². The lowest BCUT2D eigenvalue weighted by Crippen LogP contribution is -2.04. The van der Waals surface area contributed by atoms with Crippen molar-refractivity contribution < 1.29 is 0 Å². The summed E-state index contributed by atoms with van der Waals surface area (Å²) < 4.78 is 0. The SMILES string of the molecule is CCCNc1cc(C)nc(C)n1. The van der Waals surface area contributed by atoms with Crippen LogP contribution in [0.3, 0.4) is 0 Å². The van der Waals surface area contributed by atoms with E-state index in [0.717, 1.165) is 30.3 Å². The Hall–Kier alpha value is -1.12. The Kier molecular flexibility index (Phi) is 3.02. The van der Waals surface area contributed by atoms with Crippen molar-refractivity contribution in [1.29, 1.82) is 0 Å². The molecule has 1 aromatic heterocycles. The molecule has 1 aromatic rings. The van der Waals surface area contributed by atoms with Crippen molar-refractivity contribution in [2.45, 2.75) is 27.2 Å². The smallest absolute Gasteiger partial charge is 0.129 e. The third-order valence-corrected chi connectivity index (χ3v) is 1.52. The Morgan fingerprint density at radius 1 is 1.33 bits per heavy atom. The van der Waals surface area contributed by atoms with E-state index in [2.05, 4.69) is 22.2 Å². The van der Waals surface area contributed by atoms with Gasteiger partial charge in [0.25, 0.3) is 0 Å². The first-order chi connectivity index (χ1) is 5.72. The zero-order chi connectivity index (χ0) is 8.97. The number of aryl methyl sites for hydroxylation is 2. The molecule has 0 bridgehead atoms. The van der Waals surface area contributed by atoms with Gasteiger partial charge in [-0.3, -0.25) is 0 Å². The lowest BCUT2D eigenvalue weighted by Gasteiger charge is -2.04. The van der Waals surface area contributed by atoms with E-state index in [1.807, 2.05) is 19.9 Å². The van der Waals surface area contributed by atoms with E-state index in [0.29, 0.717) is 0 Å². The van der Waals surface area contributed by atoms with Gasteiger partial charge in [0.15, 0.2) is 0 Å². The summed E-state index contributed by atoms with van der Waals surface area (Å²) >= 11 is 0. The number of hydrogen-bond donors (Lipinski definition) is 1. The standard InChI is InChI=1S/C9H15N3/c1-4-5-10-9-6-7(2)11-8(3)12-9/h6H,4-5H2,1-3H3,(H,10,11,12). The van der Waals surface area contributed by atoms with E-state index in [-0.39, 0.29) is 0 Å². The Bertz CT molecular complexity index is 238. The monoisotopic (exact) mass is 165 g/mol. The summed E-state index contributed by atoms with van der Waals surface area (Å²) in [6.07, 6.45) is 1.11. The van der Waals surface area contributed by atoms with Crippen molar-refractivity contribution >= 4 is 5.82 Å². The highest BCUT2D eigenvalue weighted by Crippen LogP contribution is 2.04. The van der Waals surface area contributed by atoms with Crippen molar-refractivity contribution in [3.63, 3.8) is 0 Å². The molecule has 1 rings (SSSR count). The number of nitrogens with one attached hydrogen (secondary N) is 1. The van der Waals surface area contributed by atoms with Crippen LogP contribution in [0.25, 0.3) is 0 Å². The second-order valence-corrected chi connectivity index (χ2v) is 2.87. The van der Waals surface area contributed by atoms with E-state index in [4.69, 9.17) is 0 Å². The maximum absolute atomic E-state index is 4.25. The molecule has 3 heteroatoms. The summed E-state index contributed by atoms with van der Waals surface area (Å²) in [4.78, 5) is 8.44. The number of rotatable bonds is 3. The third kappa shape index (κ3) is 2.49. The zero-order valence-corrected chi connectivity index (χ0v) is 7.89. The first-order valence-corrected chi connectivity index (χ1v) is 4.28. The van der Waals surface area contributed by atoms with Crippen LogP contribution >= 0.6 is 0 Å². The molecule has 1 heterocycles. The van der Waals surface area contributed by atoms with Crippen LogP contribution in [0, 0.1) is 13.8 Å². The van der Waals surface area contributed by atoms with Crippen LogP contribution in [0.15, 0.2) is 6.07 Å². The molecule has 3 nitrogen and oxygen atoms in total. The van der Waals surface area contributed by atoms with Crippen LogP contribution in [0.1, 0.15) is 24.9 Å². The molecule has 0 aromatic carbocycles. The molecule has 1 N–H and O–H groups in total. The molecule has 0 aliphatic carbocycles. The maximum Gasteiger partial charge on any atom is 0.129 e. The molecule has 0 amide bonds. The van der Waals surface area contributed by atoms with Crippen molar-refractivity contribution in [2.24, 2.45) is 0 Å². The van der Waals surface area contributed by atoms with Gasteiger partial charge in [0, 0.05) is 18.3 Å². The van der Waals surface area contributed by atoms with Crippen molar-refractivity contribution in [1.82, 2.24) is 9.97 Å². The Labute approximate surface area is 73.2 Å². The molecule has 66 valence electrons. The number of nitrogens with zero attached hydrogens (tertiary/aromatic N) is 2. The quantitative estimate of drug-likeness (QED) is 0.743. The third-order valence-electron chi connectivity index (χ3n) is 1.52. The lowest BCUT2D eigenvalue weighted by molar-refractivity contribution is 0.945. The largest absolute Gasteiger partial charge is 0.370 e. The highest BCUT2D eigenvalue weighted by molar-refractivity contribution is 5.35. The zero-order valence-electron chi connectivity index (χ0n) is 7.89. The first kappa shape index (κ1) is 8.97. The Morgan fingerprint density at radius 2 is 2.08 bits per heavy atom. The molecule has 12 heavy (non-hydrogen) atoms. The molecule has 0 unspecified atom stereocenters. The second kappa shape index (κ2) is 4.04. The van der Waals surface area contributed by atoms with Gasteiger partial charge in [-0.05, 0) is 20.3 Å². The van der Waals surface area contributed by atoms with Gasteiger partial charge in [0.05, 0.1) is 0 Å². The van der Waals surface area contributed by atoms with Gasteiger partial charge in [0.2, 0.25) is 0 Å². The fourth-order valence-corrected chi connectivity index (χ4v) is 1.06. The summed E-state index contributed by atoms with van der Waals surface area (Å²) in [7, 11) is 0. The number of aromatic nitrogens is 2. The average molecular weight is 165 g/mol. The molecule has 0 saturated carbocycles. The minimum absolute atomic E-state index is 0.827. The molecule has 0 fully saturated rings. The molecule has 0 radical (unpaired) electrons. The van der Waals surface area contributed by atoms with E-state index in [1.54, 1.807) is 0 Å². The van der Waals surface area contributed by atoms with Crippen molar-refractivity contribution in [3.05, 3.63) is 17.6 Å².